The van der Waals surface area contributed by atoms with Crippen LogP contribution >= 0.6 is 11.6 Å². The van der Waals surface area contributed by atoms with Crippen molar-refractivity contribution in [2.24, 2.45) is 0 Å². The first kappa shape index (κ1) is 21.7. The van der Waals surface area contributed by atoms with Gasteiger partial charge in [-0.1, -0.05) is 11.6 Å². The number of aliphatic hydroxyl groups excluding tert-OH is 1. The molecule has 32 heavy (non-hydrogen) atoms. The largest absolute Gasteiger partial charge is 0.507 e. The van der Waals surface area contributed by atoms with Crippen LogP contribution in [-0.4, -0.2) is 22.9 Å². The number of hydrogen-bond donors (Lipinski definition) is 1. The Kier molecular flexibility index (Phi) is 5.80. The SMILES string of the molecule is Cc1cc(Cl)ccc1N1C(=O)C(=O)/C(=C(\O)c2ccc(OC(C)C)cc2)C1c1ccco1. The van der Waals surface area contributed by atoms with Crippen molar-refractivity contribution < 1.29 is 23.8 Å². The predicted molar refractivity (Wildman–Crippen MR) is 122 cm³/mol. The van der Waals surface area contributed by atoms with Crippen molar-refractivity contribution in [1.29, 1.82) is 0 Å². The van der Waals surface area contributed by atoms with Gasteiger partial charge in [0.2, 0.25) is 0 Å². The van der Waals surface area contributed by atoms with Crippen LogP contribution in [0.4, 0.5) is 5.69 Å². The second kappa shape index (κ2) is 8.55. The number of ether oxygens (including phenoxy) is 1. The standard InChI is InChI=1S/C25H22ClNO5/c1-14(2)32-18-9-6-16(7-10-18)23(28)21-22(20-5-4-12-31-20)27(25(30)24(21)29)19-11-8-17(26)13-15(19)3/h4-14,22,28H,1-3H3/b23-21-. The molecule has 1 atom stereocenters. The van der Waals surface area contributed by atoms with Crippen LogP contribution in [0.5, 0.6) is 5.75 Å². The van der Waals surface area contributed by atoms with E-state index >= 15 is 0 Å². The summed E-state index contributed by atoms with van der Waals surface area (Å²) in [7, 11) is 0. The Labute approximate surface area is 190 Å². The molecule has 3 aromatic rings. The molecular formula is C25H22ClNO5. The van der Waals surface area contributed by atoms with Gasteiger partial charge in [-0.2, -0.15) is 0 Å². The van der Waals surface area contributed by atoms with E-state index < -0.39 is 17.7 Å². The van der Waals surface area contributed by atoms with Gasteiger partial charge >= 0.3 is 0 Å². The zero-order valence-electron chi connectivity index (χ0n) is 17.8. The van der Waals surface area contributed by atoms with E-state index in [-0.39, 0.29) is 17.4 Å². The molecule has 1 aromatic heterocycles. The van der Waals surface area contributed by atoms with E-state index in [0.717, 1.165) is 0 Å². The van der Waals surface area contributed by atoms with Gasteiger partial charge in [-0.25, -0.2) is 0 Å². The van der Waals surface area contributed by atoms with E-state index in [9.17, 15) is 14.7 Å². The maximum atomic E-state index is 13.1. The van der Waals surface area contributed by atoms with Crippen LogP contribution < -0.4 is 9.64 Å². The number of ketones is 1. The van der Waals surface area contributed by atoms with E-state index in [4.69, 9.17) is 20.8 Å². The molecule has 1 N–H and O–H groups in total. The Hall–Kier alpha value is -3.51. The highest BCUT2D eigenvalue weighted by Gasteiger charge is 2.48. The van der Waals surface area contributed by atoms with Crippen molar-refractivity contribution in [2.45, 2.75) is 32.9 Å². The molecule has 1 aliphatic heterocycles. The maximum absolute atomic E-state index is 13.1. The summed E-state index contributed by atoms with van der Waals surface area (Å²) in [5.41, 5.74) is 1.57. The molecule has 1 saturated heterocycles. The molecule has 1 unspecified atom stereocenters. The normalized spacial score (nSPS) is 17.9. The fourth-order valence-electron chi connectivity index (χ4n) is 3.81. The Morgan fingerprint density at radius 2 is 1.84 bits per heavy atom. The zero-order chi connectivity index (χ0) is 23.0. The molecule has 2 heterocycles. The summed E-state index contributed by atoms with van der Waals surface area (Å²) in [4.78, 5) is 27.5. The monoisotopic (exact) mass is 451 g/mol. The fraction of sp³-hybridized carbons (Fsp3) is 0.200. The summed E-state index contributed by atoms with van der Waals surface area (Å²) >= 11 is 6.08. The fourth-order valence-corrected chi connectivity index (χ4v) is 4.03. The third kappa shape index (κ3) is 3.89. The lowest BCUT2D eigenvalue weighted by molar-refractivity contribution is -0.132. The minimum Gasteiger partial charge on any atom is -0.507 e. The average molecular weight is 452 g/mol. The number of Topliss-reactive ketones (excluding diaryl/α,β-unsaturated/α-hetero) is 1. The van der Waals surface area contributed by atoms with Crippen molar-refractivity contribution in [3.63, 3.8) is 0 Å². The summed E-state index contributed by atoms with van der Waals surface area (Å²) in [6.07, 6.45) is 1.46. The quantitative estimate of drug-likeness (QED) is 0.308. The third-order valence-electron chi connectivity index (χ3n) is 5.18. The molecule has 0 spiro atoms. The molecule has 0 aliphatic carbocycles. The van der Waals surface area contributed by atoms with Crippen LogP contribution in [0.25, 0.3) is 5.76 Å². The van der Waals surface area contributed by atoms with Crippen molar-refractivity contribution in [3.8, 4) is 5.75 Å². The minimum absolute atomic E-state index is 0.00124. The number of benzene rings is 2. The Bertz CT molecular complexity index is 1200. The van der Waals surface area contributed by atoms with E-state index in [2.05, 4.69) is 0 Å². The van der Waals surface area contributed by atoms with Gasteiger partial charge in [-0.15, -0.1) is 0 Å². The lowest BCUT2D eigenvalue weighted by atomic mass is 9.99. The summed E-state index contributed by atoms with van der Waals surface area (Å²) in [5, 5.41) is 11.6. The third-order valence-corrected chi connectivity index (χ3v) is 5.41. The first-order chi connectivity index (χ1) is 15.3. The zero-order valence-corrected chi connectivity index (χ0v) is 18.6. The average Bonchev–Trinajstić information content (AvgIpc) is 3.35. The van der Waals surface area contributed by atoms with Gasteiger partial charge in [0, 0.05) is 16.3 Å². The highest BCUT2D eigenvalue weighted by atomic mass is 35.5. The van der Waals surface area contributed by atoms with Gasteiger partial charge in [0.25, 0.3) is 11.7 Å². The molecule has 7 heteroatoms. The molecule has 2 aromatic carbocycles. The number of hydrogen-bond acceptors (Lipinski definition) is 5. The molecule has 4 rings (SSSR count). The van der Waals surface area contributed by atoms with Crippen molar-refractivity contribution in [3.05, 3.63) is 88.3 Å². The number of aliphatic hydroxyl groups is 1. The van der Waals surface area contributed by atoms with Gasteiger partial charge in [-0.3, -0.25) is 14.5 Å². The molecule has 0 radical (unpaired) electrons. The Morgan fingerprint density at radius 3 is 2.44 bits per heavy atom. The van der Waals surface area contributed by atoms with Gasteiger partial charge in [0.1, 0.15) is 23.3 Å². The van der Waals surface area contributed by atoms with Crippen LogP contribution in [-0.2, 0) is 9.59 Å². The second-order valence-corrected chi connectivity index (χ2v) is 8.24. The van der Waals surface area contributed by atoms with Crippen LogP contribution in [0.2, 0.25) is 5.02 Å². The van der Waals surface area contributed by atoms with Gasteiger partial charge in [-0.05, 0) is 80.9 Å². The Balaban J connectivity index is 1.85. The van der Waals surface area contributed by atoms with Crippen LogP contribution in [0, 0.1) is 6.92 Å². The number of aryl methyl sites for hydroxylation is 1. The van der Waals surface area contributed by atoms with Crippen LogP contribution in [0.3, 0.4) is 0 Å². The van der Waals surface area contributed by atoms with Gasteiger partial charge in [0.15, 0.2) is 0 Å². The number of nitrogens with zero attached hydrogens (tertiary/aromatic N) is 1. The molecule has 1 fully saturated rings. The van der Waals surface area contributed by atoms with E-state index in [0.29, 0.717) is 33.3 Å². The number of carbonyl (C=O) groups excluding carboxylic acids is 2. The van der Waals surface area contributed by atoms with Crippen molar-refractivity contribution in [1.82, 2.24) is 0 Å². The number of halogens is 1. The predicted octanol–water partition coefficient (Wildman–Crippen LogP) is 5.65. The van der Waals surface area contributed by atoms with Crippen molar-refractivity contribution >= 4 is 34.7 Å². The first-order valence-electron chi connectivity index (χ1n) is 10.2. The number of furan rings is 1. The van der Waals surface area contributed by atoms with Crippen LogP contribution in [0.1, 0.15) is 36.8 Å². The van der Waals surface area contributed by atoms with Crippen LogP contribution in [0.15, 0.2) is 70.9 Å². The smallest absolute Gasteiger partial charge is 0.300 e. The highest BCUT2D eigenvalue weighted by Crippen LogP contribution is 2.43. The number of carbonyl (C=O) groups is 2. The van der Waals surface area contributed by atoms with E-state index in [1.165, 1.54) is 11.2 Å². The number of rotatable bonds is 5. The first-order valence-corrected chi connectivity index (χ1v) is 10.5. The summed E-state index contributed by atoms with van der Waals surface area (Å²) in [5.74, 6) is -0.829. The van der Waals surface area contributed by atoms with E-state index in [1.807, 2.05) is 13.8 Å². The number of amides is 1. The van der Waals surface area contributed by atoms with Crippen molar-refractivity contribution in [2.75, 3.05) is 4.90 Å². The highest BCUT2D eigenvalue weighted by molar-refractivity contribution is 6.51. The molecule has 0 saturated carbocycles. The maximum Gasteiger partial charge on any atom is 0.300 e. The molecule has 0 bridgehead atoms. The second-order valence-electron chi connectivity index (χ2n) is 7.81. The molecule has 164 valence electrons. The molecule has 6 nitrogen and oxygen atoms in total. The lowest BCUT2D eigenvalue weighted by Crippen LogP contribution is -2.29. The summed E-state index contributed by atoms with van der Waals surface area (Å²) < 4.78 is 11.2. The van der Waals surface area contributed by atoms with Gasteiger partial charge < -0.3 is 14.3 Å². The lowest BCUT2D eigenvalue weighted by Gasteiger charge is -2.25. The summed E-state index contributed by atoms with van der Waals surface area (Å²) in [6.45, 7) is 5.63. The van der Waals surface area contributed by atoms with Gasteiger partial charge in [0.05, 0.1) is 17.9 Å². The van der Waals surface area contributed by atoms with E-state index in [1.54, 1.807) is 61.5 Å². The topological polar surface area (TPSA) is 80.0 Å². The molecule has 1 amide bonds. The molecular weight excluding hydrogens is 430 g/mol. The minimum atomic E-state index is -0.920. The molecule has 1 aliphatic rings. The Morgan fingerprint density at radius 1 is 1.12 bits per heavy atom. The number of anilines is 1. The summed E-state index contributed by atoms with van der Waals surface area (Å²) in [6, 6.07) is 14.2.